The maximum absolute atomic E-state index is 13.7. The van der Waals surface area contributed by atoms with Crippen molar-refractivity contribution in [2.75, 3.05) is 5.23 Å². The summed E-state index contributed by atoms with van der Waals surface area (Å²) in [6, 6.07) is 15.2. The Morgan fingerprint density at radius 3 is 2.57 bits per heavy atom. The van der Waals surface area contributed by atoms with Crippen molar-refractivity contribution in [1.29, 1.82) is 0 Å². The second-order valence-corrected chi connectivity index (χ2v) is 6.51. The van der Waals surface area contributed by atoms with Crippen LogP contribution in [0.5, 0.6) is 5.75 Å². The van der Waals surface area contributed by atoms with E-state index in [1.165, 1.54) is 60.7 Å². The van der Waals surface area contributed by atoms with E-state index in [0.717, 1.165) is 12.1 Å². The molecule has 3 aromatic rings. The largest absolute Gasteiger partial charge is 0.733 e. The van der Waals surface area contributed by atoms with Gasteiger partial charge in [0, 0.05) is 10.6 Å². The highest BCUT2D eigenvalue weighted by atomic mass is 35.5. The van der Waals surface area contributed by atoms with Crippen molar-refractivity contribution >= 4 is 35.1 Å². The van der Waals surface area contributed by atoms with E-state index in [9.17, 15) is 19.2 Å². The molecule has 0 spiro atoms. The number of carbonyl (C=O) groups is 2. The van der Waals surface area contributed by atoms with Gasteiger partial charge in [-0.25, -0.2) is 9.18 Å². The van der Waals surface area contributed by atoms with Crippen molar-refractivity contribution in [1.82, 2.24) is 0 Å². The maximum atomic E-state index is 13.7. The van der Waals surface area contributed by atoms with Gasteiger partial charge in [-0.05, 0) is 54.6 Å². The summed E-state index contributed by atoms with van der Waals surface area (Å²) in [5.41, 5.74) is 0.0314. The predicted octanol–water partition coefficient (Wildman–Crippen LogP) is 5.29. The van der Waals surface area contributed by atoms with Crippen LogP contribution in [0.2, 0.25) is 5.02 Å². The lowest BCUT2D eigenvalue weighted by Gasteiger charge is -2.21. The van der Waals surface area contributed by atoms with E-state index in [1.54, 1.807) is 6.07 Å². The minimum atomic E-state index is -0.854. The van der Waals surface area contributed by atoms with Gasteiger partial charge in [-0.1, -0.05) is 35.9 Å². The summed E-state index contributed by atoms with van der Waals surface area (Å²) in [6.45, 7) is 0. The minimum Gasteiger partial charge on any atom is -0.733 e. The van der Waals surface area contributed by atoms with Gasteiger partial charge in [0.25, 0.3) is 0 Å². The summed E-state index contributed by atoms with van der Waals surface area (Å²) in [6.07, 6.45) is 2.45. The van der Waals surface area contributed by atoms with Crippen LogP contribution in [0.4, 0.5) is 10.1 Å². The van der Waals surface area contributed by atoms with E-state index in [4.69, 9.17) is 21.5 Å². The summed E-state index contributed by atoms with van der Waals surface area (Å²) >= 11 is 5.97. The fraction of sp³-hybridized carbons (Fsp3) is 0. The highest BCUT2D eigenvalue weighted by Crippen LogP contribution is 2.26. The average Bonchev–Trinajstić information content (AvgIpc) is 2.74. The van der Waals surface area contributed by atoms with Crippen LogP contribution in [0.25, 0.3) is 6.08 Å². The molecule has 3 aromatic carbocycles. The van der Waals surface area contributed by atoms with Crippen LogP contribution in [-0.2, 0) is 0 Å². The van der Waals surface area contributed by atoms with Crippen LogP contribution in [0.1, 0.15) is 26.3 Å². The monoisotopic (exact) mass is 426 g/mol. The Balaban J connectivity index is 1.86. The molecular formula is C22H14ClFNO5-. The van der Waals surface area contributed by atoms with E-state index in [1.807, 2.05) is 0 Å². The number of esters is 1. The number of hydrogen-bond donors (Lipinski definition) is 1. The third-order valence-corrected chi connectivity index (χ3v) is 4.27. The number of halogens is 2. The van der Waals surface area contributed by atoms with Crippen molar-refractivity contribution in [2.45, 2.75) is 0 Å². The second-order valence-electron chi connectivity index (χ2n) is 6.07. The molecule has 0 radical (unpaired) electrons. The third-order valence-electron chi connectivity index (χ3n) is 4.03. The Hall–Kier alpha value is -3.52. The Kier molecular flexibility index (Phi) is 6.58. The molecule has 0 heterocycles. The molecule has 152 valence electrons. The Morgan fingerprint density at radius 2 is 1.83 bits per heavy atom. The van der Waals surface area contributed by atoms with Gasteiger partial charge >= 0.3 is 5.97 Å². The zero-order chi connectivity index (χ0) is 21.7. The number of anilines is 1. The van der Waals surface area contributed by atoms with Gasteiger partial charge in [0.2, 0.25) is 0 Å². The van der Waals surface area contributed by atoms with Gasteiger partial charge in [-0.15, -0.1) is 0 Å². The number of allylic oxidation sites excluding steroid dienone is 1. The lowest BCUT2D eigenvalue weighted by Crippen LogP contribution is -2.13. The summed E-state index contributed by atoms with van der Waals surface area (Å²) in [5.74, 6) is -1.97. The lowest BCUT2D eigenvalue weighted by molar-refractivity contribution is 0.0733. The average molecular weight is 427 g/mol. The Bertz CT molecular complexity index is 1130. The summed E-state index contributed by atoms with van der Waals surface area (Å²) in [4.78, 5) is 25.1. The molecular weight excluding hydrogens is 413 g/mol. The van der Waals surface area contributed by atoms with Crippen molar-refractivity contribution in [3.63, 3.8) is 0 Å². The number of carbonyl (C=O) groups excluding carboxylic acids is 2. The topological polar surface area (TPSA) is 89.9 Å². The molecule has 1 N–H and O–H groups in total. The van der Waals surface area contributed by atoms with Crippen LogP contribution < -0.4 is 9.96 Å². The smallest absolute Gasteiger partial charge is 0.343 e. The number of rotatable bonds is 6. The van der Waals surface area contributed by atoms with Crippen molar-refractivity contribution in [3.05, 3.63) is 106 Å². The van der Waals surface area contributed by atoms with Gasteiger partial charge < -0.3 is 15.2 Å². The molecule has 0 aliphatic heterocycles. The molecule has 6 nitrogen and oxygen atoms in total. The standard InChI is InChI=1S/C22H14ClFNO5/c23-16-9-11-21(30-22(27)15-5-3-6-17(12-15)25(28)29)18(13-16)20(26)10-8-14-4-1-2-7-19(14)24/h1-13,28H/q-1. The van der Waals surface area contributed by atoms with Gasteiger partial charge in [-0.2, -0.15) is 0 Å². The predicted molar refractivity (Wildman–Crippen MR) is 110 cm³/mol. The highest BCUT2D eigenvalue weighted by Gasteiger charge is 2.16. The zero-order valence-electron chi connectivity index (χ0n) is 15.3. The highest BCUT2D eigenvalue weighted by molar-refractivity contribution is 6.31. The van der Waals surface area contributed by atoms with E-state index in [2.05, 4.69) is 0 Å². The number of ketones is 1. The zero-order valence-corrected chi connectivity index (χ0v) is 16.0. The molecule has 0 aliphatic rings. The Labute approximate surface area is 175 Å². The maximum Gasteiger partial charge on any atom is 0.343 e. The number of nitrogens with zero attached hydrogens (tertiary/aromatic N) is 1. The van der Waals surface area contributed by atoms with E-state index >= 15 is 0 Å². The van der Waals surface area contributed by atoms with Crippen LogP contribution in [0.15, 0.2) is 72.8 Å². The minimum absolute atomic E-state index is 0.00722. The third kappa shape index (κ3) is 5.09. The van der Waals surface area contributed by atoms with Crippen LogP contribution in [0.3, 0.4) is 0 Å². The molecule has 0 saturated heterocycles. The molecule has 0 bridgehead atoms. The van der Waals surface area contributed by atoms with Gasteiger partial charge in [0.05, 0.1) is 16.8 Å². The number of ether oxygens (including phenoxy) is 1. The number of hydrogen-bond acceptors (Lipinski definition) is 6. The first-order chi connectivity index (χ1) is 14.3. The fourth-order valence-corrected chi connectivity index (χ4v) is 2.73. The van der Waals surface area contributed by atoms with Gasteiger partial charge in [-0.3, -0.25) is 10.0 Å². The first kappa shape index (κ1) is 21.2. The normalized spacial score (nSPS) is 10.8. The first-order valence-corrected chi connectivity index (χ1v) is 8.98. The van der Waals surface area contributed by atoms with Crippen molar-refractivity contribution in [2.24, 2.45) is 0 Å². The van der Waals surface area contributed by atoms with E-state index in [0.29, 0.717) is 0 Å². The SMILES string of the molecule is O=C(Oc1ccc(Cl)cc1C(=O)C=Cc1ccccc1F)c1cccc(N([O-])O)c1. The van der Waals surface area contributed by atoms with Crippen molar-refractivity contribution in [3.8, 4) is 5.75 Å². The fourth-order valence-electron chi connectivity index (χ4n) is 2.56. The molecule has 0 atom stereocenters. The molecule has 0 amide bonds. The molecule has 8 heteroatoms. The summed E-state index contributed by atoms with van der Waals surface area (Å²) < 4.78 is 19.0. The van der Waals surface area contributed by atoms with Gasteiger partial charge in [0.15, 0.2) is 5.78 Å². The quantitative estimate of drug-likeness (QED) is 0.189. The van der Waals surface area contributed by atoms with E-state index < -0.39 is 17.6 Å². The lowest BCUT2D eigenvalue weighted by atomic mass is 10.1. The molecule has 0 saturated carbocycles. The molecule has 3 rings (SSSR count). The summed E-state index contributed by atoms with van der Waals surface area (Å²) in [7, 11) is 0. The van der Waals surface area contributed by atoms with Crippen LogP contribution in [-0.4, -0.2) is 17.0 Å². The Morgan fingerprint density at radius 1 is 1.07 bits per heavy atom. The van der Waals surface area contributed by atoms with Crippen LogP contribution in [0, 0.1) is 11.0 Å². The molecule has 0 aliphatic carbocycles. The summed E-state index contributed by atoms with van der Waals surface area (Å²) in [5, 5.41) is 19.8. The van der Waals surface area contributed by atoms with Crippen molar-refractivity contribution < 1.29 is 23.9 Å². The molecule has 0 unspecified atom stereocenters. The molecule has 0 aromatic heterocycles. The number of benzene rings is 3. The van der Waals surface area contributed by atoms with Gasteiger partial charge in [0.1, 0.15) is 11.6 Å². The molecule has 0 fully saturated rings. The second kappa shape index (κ2) is 9.32. The van der Waals surface area contributed by atoms with E-state index in [-0.39, 0.29) is 38.4 Å². The molecule has 30 heavy (non-hydrogen) atoms. The van der Waals surface area contributed by atoms with Crippen LogP contribution >= 0.6 is 11.6 Å². The first-order valence-electron chi connectivity index (χ1n) is 8.60.